The van der Waals surface area contributed by atoms with Crippen molar-refractivity contribution in [2.75, 3.05) is 6.54 Å². The second-order valence-corrected chi connectivity index (χ2v) is 7.17. The lowest BCUT2D eigenvalue weighted by atomic mass is 10.6. The van der Waals surface area contributed by atoms with Crippen LogP contribution in [0.1, 0.15) is 6.92 Å². The van der Waals surface area contributed by atoms with Crippen LogP contribution >= 0.6 is 15.2 Å². The molecule has 0 heterocycles. The Morgan fingerprint density at radius 3 is 1.73 bits per heavy atom. The molecule has 0 fully saturated rings. The number of carboxylic acids is 1. The van der Waals surface area contributed by atoms with E-state index in [4.69, 9.17) is 24.7 Å². The summed E-state index contributed by atoms with van der Waals surface area (Å²) in [5.41, 5.74) is 0. The summed E-state index contributed by atoms with van der Waals surface area (Å²) < 4.78 is 21.7. The maximum absolute atomic E-state index is 10.9. The number of carbonyl (C=O) groups is 1. The van der Waals surface area contributed by atoms with Gasteiger partial charge in [-0.25, -0.2) is 0 Å². The number of rotatable bonds is 5. The number of hydrogen-bond acceptors (Lipinski definition) is 4. The molecule has 0 radical (unpaired) electrons. The average Bonchev–Trinajstić information content (AvgIpc) is 1.95. The van der Waals surface area contributed by atoms with E-state index in [-0.39, 0.29) is 0 Å². The molecule has 6 N–H and O–H groups in total. The first kappa shape index (κ1) is 14.7. The number of aliphatic carboxylic acids is 1. The van der Waals surface area contributed by atoms with Gasteiger partial charge in [0.15, 0.2) is 0 Å². The monoisotopic (exact) mass is 263 g/mol. The van der Waals surface area contributed by atoms with Crippen LogP contribution in [0.25, 0.3) is 0 Å². The Labute approximate surface area is 84.4 Å². The lowest BCUT2D eigenvalue weighted by molar-refractivity contribution is -0.136. The zero-order valence-corrected chi connectivity index (χ0v) is 9.35. The minimum atomic E-state index is -5.20. The summed E-state index contributed by atoms with van der Waals surface area (Å²) in [6.45, 7) is -0.412. The van der Waals surface area contributed by atoms with Gasteiger partial charge in [0.05, 0.1) is 6.54 Å². The van der Waals surface area contributed by atoms with Crippen LogP contribution in [0.5, 0.6) is 0 Å². The van der Waals surface area contributed by atoms with Gasteiger partial charge in [-0.05, 0) is 6.92 Å². The molecular weight excluding hydrogens is 252 g/mol. The smallest absolute Gasteiger partial charge is 0.357 e. The molecule has 0 aliphatic carbocycles. The van der Waals surface area contributed by atoms with Crippen molar-refractivity contribution in [3.8, 4) is 0 Å². The maximum atomic E-state index is 10.9. The van der Waals surface area contributed by atoms with Crippen molar-refractivity contribution in [2.45, 2.75) is 11.9 Å². The van der Waals surface area contributed by atoms with Crippen LogP contribution < -0.4 is 5.32 Å². The Kier molecular flexibility index (Phi) is 4.23. The molecule has 0 bridgehead atoms. The SMILES string of the molecule is CC(NCC(=O)O)(P(=O)(O)O)P(=O)(O)O. The fourth-order valence-corrected chi connectivity index (χ4v) is 2.55. The Hall–Kier alpha value is -0.270. The van der Waals surface area contributed by atoms with E-state index >= 15 is 0 Å². The van der Waals surface area contributed by atoms with Gasteiger partial charge in [0.1, 0.15) is 0 Å². The van der Waals surface area contributed by atoms with Crippen molar-refractivity contribution in [2.24, 2.45) is 0 Å². The van der Waals surface area contributed by atoms with Crippen LogP contribution in [-0.4, -0.2) is 42.2 Å². The highest BCUT2D eigenvalue weighted by Crippen LogP contribution is 2.66. The molecule has 90 valence electrons. The van der Waals surface area contributed by atoms with Crippen LogP contribution in [0.15, 0.2) is 0 Å². The predicted molar refractivity (Wildman–Crippen MR) is 48.1 cm³/mol. The van der Waals surface area contributed by atoms with Crippen LogP contribution in [0.4, 0.5) is 0 Å². The van der Waals surface area contributed by atoms with E-state index in [2.05, 4.69) is 0 Å². The summed E-state index contributed by atoms with van der Waals surface area (Å²) in [5.74, 6) is -1.50. The summed E-state index contributed by atoms with van der Waals surface area (Å²) in [6, 6.07) is 0. The molecule has 11 heteroatoms. The first-order valence-corrected chi connectivity index (χ1v) is 6.72. The first-order valence-electron chi connectivity index (χ1n) is 3.50. The van der Waals surface area contributed by atoms with E-state index in [1.807, 2.05) is 0 Å². The standard InChI is InChI=1S/C4H11NO8P2/c1-4(14(8,9)10,15(11,12)13)5-2-3(6)7/h5H,2H2,1H3,(H,6,7)(H2,8,9,10)(H2,11,12,13). The number of nitrogens with one attached hydrogen (secondary N) is 1. The molecule has 0 saturated carbocycles. The highest BCUT2D eigenvalue weighted by atomic mass is 31.2. The van der Waals surface area contributed by atoms with E-state index in [1.165, 1.54) is 0 Å². The summed E-state index contributed by atoms with van der Waals surface area (Å²) in [5, 5.41) is 7.00. The summed E-state index contributed by atoms with van der Waals surface area (Å²) in [7, 11) is -10.4. The quantitative estimate of drug-likeness (QED) is 0.330. The van der Waals surface area contributed by atoms with Crippen LogP contribution in [0.3, 0.4) is 0 Å². The van der Waals surface area contributed by atoms with E-state index < -0.39 is 32.7 Å². The minimum Gasteiger partial charge on any atom is -0.480 e. The first-order chi connectivity index (χ1) is 6.42. The van der Waals surface area contributed by atoms with Crippen LogP contribution in [0, 0.1) is 0 Å². The molecule has 0 unspecified atom stereocenters. The molecule has 0 aromatic heterocycles. The highest BCUT2D eigenvalue weighted by molar-refractivity contribution is 7.72. The van der Waals surface area contributed by atoms with Crippen molar-refractivity contribution < 1.29 is 38.6 Å². The molecule has 0 aliphatic rings. The van der Waals surface area contributed by atoms with Crippen molar-refractivity contribution in [1.82, 2.24) is 5.32 Å². The average molecular weight is 263 g/mol. The van der Waals surface area contributed by atoms with Gasteiger partial charge in [-0.15, -0.1) is 0 Å². The molecule has 9 nitrogen and oxygen atoms in total. The fraction of sp³-hybridized carbons (Fsp3) is 0.750. The zero-order chi connectivity index (χ0) is 12.5. The van der Waals surface area contributed by atoms with Gasteiger partial charge in [0.2, 0.25) is 5.02 Å². The van der Waals surface area contributed by atoms with Crippen molar-refractivity contribution in [3.05, 3.63) is 0 Å². The third-order valence-electron chi connectivity index (χ3n) is 1.71. The van der Waals surface area contributed by atoms with Crippen LogP contribution in [0.2, 0.25) is 0 Å². The van der Waals surface area contributed by atoms with E-state index in [1.54, 1.807) is 5.32 Å². The molecule has 0 aromatic carbocycles. The van der Waals surface area contributed by atoms with E-state index in [0.717, 1.165) is 0 Å². The molecular formula is C4H11NO8P2. The molecule has 0 spiro atoms. The Bertz CT molecular complexity index is 319. The third-order valence-corrected chi connectivity index (χ3v) is 5.86. The van der Waals surface area contributed by atoms with Gasteiger partial charge in [0, 0.05) is 0 Å². The van der Waals surface area contributed by atoms with E-state index in [0.29, 0.717) is 6.92 Å². The molecule has 15 heavy (non-hydrogen) atoms. The highest BCUT2D eigenvalue weighted by Gasteiger charge is 2.56. The van der Waals surface area contributed by atoms with E-state index in [9.17, 15) is 13.9 Å². The Morgan fingerprint density at radius 1 is 1.20 bits per heavy atom. The third kappa shape index (κ3) is 3.35. The van der Waals surface area contributed by atoms with Crippen LogP contribution in [-0.2, 0) is 13.9 Å². The Morgan fingerprint density at radius 2 is 1.53 bits per heavy atom. The van der Waals surface area contributed by atoms with Gasteiger partial charge in [-0.3, -0.25) is 19.2 Å². The van der Waals surface area contributed by atoms with Crippen molar-refractivity contribution in [3.63, 3.8) is 0 Å². The number of carboxylic acid groups (broad SMARTS) is 1. The topological polar surface area (TPSA) is 164 Å². The second-order valence-electron chi connectivity index (χ2n) is 2.86. The van der Waals surface area contributed by atoms with Gasteiger partial charge < -0.3 is 24.7 Å². The molecule has 0 atom stereocenters. The lowest BCUT2D eigenvalue weighted by Gasteiger charge is -2.31. The molecule has 0 amide bonds. The lowest BCUT2D eigenvalue weighted by Crippen LogP contribution is -2.44. The normalized spacial score (nSPS) is 13.9. The second kappa shape index (κ2) is 4.31. The summed E-state index contributed by atoms with van der Waals surface area (Å²) >= 11 is 0. The maximum Gasteiger partial charge on any atom is 0.357 e. The predicted octanol–water partition coefficient (Wildman–Crippen LogP) is -1.31. The largest absolute Gasteiger partial charge is 0.480 e. The van der Waals surface area contributed by atoms with Crippen molar-refractivity contribution in [1.29, 1.82) is 0 Å². The molecule has 0 saturated heterocycles. The Balaban J connectivity index is 5.16. The van der Waals surface area contributed by atoms with Gasteiger partial charge >= 0.3 is 21.2 Å². The molecule has 0 aliphatic heterocycles. The summed E-state index contributed by atoms with van der Waals surface area (Å²) in [4.78, 5) is 45.1. The molecule has 0 rings (SSSR count). The van der Waals surface area contributed by atoms with Gasteiger partial charge in [-0.1, -0.05) is 0 Å². The number of hydrogen-bond donors (Lipinski definition) is 6. The molecule has 0 aromatic rings. The van der Waals surface area contributed by atoms with Crippen molar-refractivity contribution >= 4 is 21.2 Å². The van der Waals surface area contributed by atoms with Gasteiger partial charge in [-0.2, -0.15) is 0 Å². The van der Waals surface area contributed by atoms with Gasteiger partial charge in [0.25, 0.3) is 0 Å². The fourth-order valence-electron chi connectivity index (χ4n) is 0.619. The zero-order valence-electron chi connectivity index (χ0n) is 7.56. The minimum absolute atomic E-state index is 0.567. The summed E-state index contributed by atoms with van der Waals surface area (Å²) in [6.07, 6.45) is 0.